The molecule has 0 aliphatic carbocycles. The van der Waals surface area contributed by atoms with Gasteiger partial charge in [-0.25, -0.2) is 13.2 Å². The van der Waals surface area contributed by atoms with Crippen LogP contribution in [0.2, 0.25) is 0 Å². The Morgan fingerprint density at radius 3 is 2.45 bits per heavy atom. The van der Waals surface area contributed by atoms with Gasteiger partial charge in [-0.05, 0) is 55.3 Å². The maximum Gasteiger partial charge on any atom is 0.337 e. The van der Waals surface area contributed by atoms with E-state index >= 15 is 0 Å². The summed E-state index contributed by atoms with van der Waals surface area (Å²) in [5.41, 5.74) is 1.37. The molecule has 3 aromatic rings. The minimum Gasteiger partial charge on any atom is -0.465 e. The second-order valence-electron chi connectivity index (χ2n) is 8.60. The molecule has 38 heavy (non-hydrogen) atoms. The Hall–Kier alpha value is -3.81. The number of amides is 1. The number of rotatable bonds is 9. The molecular weight excluding hydrogens is 532 g/mol. The fraction of sp³-hybridized carbons (Fsp3) is 0.280. The van der Waals surface area contributed by atoms with Gasteiger partial charge in [-0.2, -0.15) is 4.31 Å². The van der Waals surface area contributed by atoms with Crippen molar-refractivity contribution in [2.24, 2.45) is 0 Å². The number of benzene rings is 2. The number of sulfonamides is 1. The van der Waals surface area contributed by atoms with Crippen LogP contribution in [0.1, 0.15) is 38.4 Å². The molecule has 0 unspecified atom stereocenters. The largest absolute Gasteiger partial charge is 0.465 e. The fourth-order valence-corrected chi connectivity index (χ4v) is 6.97. The minimum atomic E-state index is -3.68. The van der Waals surface area contributed by atoms with E-state index in [1.54, 1.807) is 24.3 Å². The summed E-state index contributed by atoms with van der Waals surface area (Å²) in [6.07, 6.45) is 1.20. The quantitative estimate of drug-likeness (QED) is 0.230. The van der Waals surface area contributed by atoms with E-state index in [1.165, 1.54) is 41.7 Å². The predicted octanol–water partition coefficient (Wildman–Crippen LogP) is 3.64. The fourth-order valence-electron chi connectivity index (χ4n) is 4.05. The molecule has 11 nitrogen and oxygen atoms in total. The predicted molar refractivity (Wildman–Crippen MR) is 142 cm³/mol. The number of ether oxygens (including phenoxy) is 1. The van der Waals surface area contributed by atoms with Crippen LogP contribution in [0.4, 0.5) is 11.4 Å². The monoisotopic (exact) mass is 558 g/mol. The van der Waals surface area contributed by atoms with Crippen LogP contribution < -0.4 is 10.6 Å². The maximum absolute atomic E-state index is 13.2. The maximum atomic E-state index is 13.2. The van der Waals surface area contributed by atoms with Gasteiger partial charge in [-0.1, -0.05) is 6.07 Å². The van der Waals surface area contributed by atoms with Gasteiger partial charge in [-0.3, -0.25) is 14.9 Å². The molecule has 2 N–H and O–H groups in total. The first-order valence-corrected chi connectivity index (χ1v) is 14.0. The average molecular weight is 559 g/mol. The summed E-state index contributed by atoms with van der Waals surface area (Å²) in [7, 11) is -2.35. The summed E-state index contributed by atoms with van der Waals surface area (Å²) in [6, 6.07) is 15.5. The standard InChI is InChI=1S/C25H26N4O7S2/c1-36-25(31)18-3-2-4-20(15-18)27-19-11-13-28(14-12-19)38(34,35)23-10-9-22(37-23)16-26-24(30)17-5-7-21(8-6-17)29(32)33/h2-10,15,19,27H,11-14,16H2,1H3,(H,26,30). The van der Waals surface area contributed by atoms with Crippen LogP contribution in [0.5, 0.6) is 0 Å². The van der Waals surface area contributed by atoms with Gasteiger partial charge in [0, 0.05) is 47.4 Å². The van der Waals surface area contributed by atoms with Gasteiger partial charge in [0.05, 0.1) is 24.1 Å². The highest BCUT2D eigenvalue weighted by Gasteiger charge is 2.30. The lowest BCUT2D eigenvalue weighted by Crippen LogP contribution is -2.42. The zero-order chi connectivity index (χ0) is 27.3. The number of thiophene rings is 1. The molecule has 1 fully saturated rings. The zero-order valence-electron chi connectivity index (χ0n) is 20.5. The molecule has 1 saturated heterocycles. The summed E-state index contributed by atoms with van der Waals surface area (Å²) in [6.45, 7) is 0.828. The van der Waals surface area contributed by atoms with Crippen molar-refractivity contribution in [3.63, 3.8) is 0 Å². The summed E-state index contributed by atoms with van der Waals surface area (Å²) in [5, 5.41) is 16.8. The minimum absolute atomic E-state index is 0.0582. The van der Waals surface area contributed by atoms with Crippen LogP contribution in [0.25, 0.3) is 0 Å². The highest BCUT2D eigenvalue weighted by molar-refractivity contribution is 7.91. The van der Waals surface area contributed by atoms with Gasteiger partial charge in [0.1, 0.15) is 4.21 Å². The van der Waals surface area contributed by atoms with Gasteiger partial charge >= 0.3 is 5.97 Å². The SMILES string of the molecule is COC(=O)c1cccc(NC2CCN(S(=O)(=O)c3ccc(CNC(=O)c4ccc([N+](=O)[O-])cc4)s3)CC2)c1. The van der Waals surface area contributed by atoms with E-state index in [9.17, 15) is 28.1 Å². The molecule has 2 heterocycles. The van der Waals surface area contributed by atoms with Crippen molar-refractivity contribution in [3.8, 4) is 0 Å². The lowest BCUT2D eigenvalue weighted by Gasteiger charge is -2.31. The molecule has 0 saturated carbocycles. The van der Waals surface area contributed by atoms with E-state index in [4.69, 9.17) is 4.74 Å². The number of nitrogens with one attached hydrogen (secondary N) is 2. The van der Waals surface area contributed by atoms with E-state index in [0.29, 0.717) is 36.4 Å². The van der Waals surface area contributed by atoms with Crippen molar-refractivity contribution < 1.29 is 27.7 Å². The van der Waals surface area contributed by atoms with E-state index in [1.807, 2.05) is 6.07 Å². The number of nitrogens with zero attached hydrogens (tertiary/aromatic N) is 2. The topological polar surface area (TPSA) is 148 Å². The van der Waals surface area contributed by atoms with E-state index < -0.39 is 26.8 Å². The number of hydrogen-bond acceptors (Lipinski definition) is 9. The molecule has 0 atom stereocenters. The third kappa shape index (κ3) is 6.36. The van der Waals surface area contributed by atoms with Crippen molar-refractivity contribution in [2.45, 2.75) is 29.6 Å². The molecule has 0 radical (unpaired) electrons. The highest BCUT2D eigenvalue weighted by Crippen LogP contribution is 2.28. The van der Waals surface area contributed by atoms with Crippen LogP contribution >= 0.6 is 11.3 Å². The van der Waals surface area contributed by atoms with Crippen LogP contribution in [0, 0.1) is 10.1 Å². The first-order valence-electron chi connectivity index (χ1n) is 11.7. The summed E-state index contributed by atoms with van der Waals surface area (Å²) < 4.78 is 32.8. The third-order valence-corrected chi connectivity index (χ3v) is 9.55. The number of piperidine rings is 1. The van der Waals surface area contributed by atoms with E-state index in [-0.39, 0.29) is 28.0 Å². The molecular formula is C25H26N4O7S2. The molecule has 0 bridgehead atoms. The van der Waals surface area contributed by atoms with Gasteiger partial charge in [0.25, 0.3) is 21.6 Å². The van der Waals surface area contributed by atoms with Gasteiger partial charge in [-0.15, -0.1) is 11.3 Å². The number of carbonyl (C=O) groups excluding carboxylic acids is 2. The summed E-state index contributed by atoms with van der Waals surface area (Å²) in [4.78, 5) is 35.0. The lowest BCUT2D eigenvalue weighted by molar-refractivity contribution is -0.384. The molecule has 0 spiro atoms. The summed E-state index contributed by atoms with van der Waals surface area (Å²) >= 11 is 1.09. The summed E-state index contributed by atoms with van der Waals surface area (Å²) in [5.74, 6) is -0.833. The van der Waals surface area contributed by atoms with Crippen molar-refractivity contribution in [1.29, 1.82) is 0 Å². The van der Waals surface area contributed by atoms with Crippen LogP contribution in [-0.4, -0.2) is 55.8 Å². The van der Waals surface area contributed by atoms with Gasteiger partial charge in [0.15, 0.2) is 0 Å². The van der Waals surface area contributed by atoms with Crippen LogP contribution in [0.3, 0.4) is 0 Å². The second kappa shape index (κ2) is 11.7. The second-order valence-corrected chi connectivity index (χ2v) is 11.9. The number of nitro benzene ring substituents is 1. The Labute approximate surface area is 223 Å². The number of hydrogen-bond donors (Lipinski definition) is 2. The number of methoxy groups -OCH3 is 1. The average Bonchev–Trinajstić information content (AvgIpc) is 3.42. The molecule has 1 aromatic heterocycles. The number of carbonyl (C=O) groups is 2. The van der Waals surface area contributed by atoms with Gasteiger partial charge < -0.3 is 15.4 Å². The van der Waals surface area contributed by atoms with Gasteiger partial charge in [0.2, 0.25) is 0 Å². The normalized spacial score (nSPS) is 14.6. The molecule has 1 aliphatic rings. The zero-order valence-corrected chi connectivity index (χ0v) is 22.1. The first kappa shape index (κ1) is 27.2. The van der Waals surface area contributed by atoms with E-state index in [0.717, 1.165) is 17.0 Å². The Balaban J connectivity index is 1.30. The Morgan fingerprint density at radius 1 is 1.08 bits per heavy atom. The van der Waals surface area contributed by atoms with Crippen molar-refractivity contribution in [2.75, 3.05) is 25.5 Å². The molecule has 2 aromatic carbocycles. The number of esters is 1. The van der Waals surface area contributed by atoms with E-state index in [2.05, 4.69) is 10.6 Å². The number of nitro groups is 1. The lowest BCUT2D eigenvalue weighted by atomic mass is 10.1. The molecule has 200 valence electrons. The number of non-ortho nitro benzene ring substituents is 1. The smallest absolute Gasteiger partial charge is 0.337 e. The van der Waals surface area contributed by atoms with Crippen molar-refractivity contribution in [1.82, 2.24) is 9.62 Å². The Bertz CT molecular complexity index is 1430. The highest BCUT2D eigenvalue weighted by atomic mass is 32.2. The third-order valence-electron chi connectivity index (χ3n) is 6.10. The molecule has 1 aliphatic heterocycles. The van der Waals surface area contributed by atoms with Crippen LogP contribution in [-0.2, 0) is 21.3 Å². The Morgan fingerprint density at radius 2 is 1.79 bits per heavy atom. The molecule has 1 amide bonds. The molecule has 4 rings (SSSR count). The van der Waals surface area contributed by atoms with Crippen molar-refractivity contribution >= 4 is 44.6 Å². The molecule has 13 heteroatoms. The first-order chi connectivity index (χ1) is 18.2. The Kier molecular flexibility index (Phi) is 8.39. The number of anilines is 1. The van der Waals surface area contributed by atoms with Crippen molar-refractivity contribution in [3.05, 3.63) is 86.8 Å². The van der Waals surface area contributed by atoms with Crippen LogP contribution in [0.15, 0.2) is 64.9 Å².